The molecular weight excluding hydrogens is 332 g/mol. The average molecular weight is 367 g/mol. The highest BCUT2D eigenvalue weighted by molar-refractivity contribution is 7.90. The summed E-state index contributed by atoms with van der Waals surface area (Å²) < 4.78 is 25.9. The molecule has 0 spiro atoms. The molecule has 0 fully saturated rings. The molecule has 0 saturated heterocycles. The number of benzene rings is 1. The van der Waals surface area contributed by atoms with Gasteiger partial charge in [-0.3, -0.25) is 0 Å². The Morgan fingerprint density at radius 1 is 1.12 bits per heavy atom. The number of hydrogen-bond donors (Lipinski definition) is 2. The van der Waals surface area contributed by atoms with Crippen molar-refractivity contribution < 1.29 is 8.42 Å². The first-order chi connectivity index (χ1) is 11.6. The second kappa shape index (κ2) is 8.09. The molecule has 0 radical (unpaired) electrons. The van der Waals surface area contributed by atoms with Crippen molar-refractivity contribution in [3.8, 4) is 0 Å². The van der Waals surface area contributed by atoms with Crippen molar-refractivity contribution in [3.05, 3.63) is 28.8 Å². The molecule has 1 unspecified atom stereocenters. The molecule has 0 saturated carbocycles. The number of rotatable bonds is 8. The van der Waals surface area contributed by atoms with Gasteiger partial charge >= 0.3 is 0 Å². The van der Waals surface area contributed by atoms with Crippen molar-refractivity contribution in [2.45, 2.75) is 77.4 Å². The maximum Gasteiger partial charge on any atom is 0.216 e. The summed E-state index contributed by atoms with van der Waals surface area (Å²) in [4.78, 5) is 0. The van der Waals surface area contributed by atoms with Crippen molar-refractivity contribution in [1.29, 1.82) is 0 Å². The molecule has 4 nitrogen and oxygen atoms in total. The molecule has 0 aliphatic heterocycles. The van der Waals surface area contributed by atoms with Crippen LogP contribution in [0.25, 0.3) is 0 Å². The SMILES string of the molecule is Cc1c(NCCCCCNS(=O)(=O)C(C)(C)C)ccc2c1CCC2C. The highest BCUT2D eigenvalue weighted by atomic mass is 32.2. The van der Waals surface area contributed by atoms with Gasteiger partial charge in [0.2, 0.25) is 10.0 Å². The van der Waals surface area contributed by atoms with E-state index in [4.69, 9.17) is 0 Å². The predicted octanol–water partition coefficient (Wildman–Crippen LogP) is 4.34. The summed E-state index contributed by atoms with van der Waals surface area (Å²) in [5.41, 5.74) is 5.71. The molecule has 25 heavy (non-hydrogen) atoms. The Bertz CT molecular complexity index is 690. The van der Waals surface area contributed by atoms with Crippen LogP contribution < -0.4 is 10.0 Å². The van der Waals surface area contributed by atoms with Crippen LogP contribution in [-0.2, 0) is 16.4 Å². The van der Waals surface area contributed by atoms with E-state index in [0.717, 1.165) is 25.8 Å². The summed E-state index contributed by atoms with van der Waals surface area (Å²) in [6.45, 7) is 11.2. The summed E-state index contributed by atoms with van der Waals surface area (Å²) in [5.74, 6) is 0.694. The Hall–Kier alpha value is -1.07. The fourth-order valence-corrected chi connectivity index (χ4v) is 4.20. The van der Waals surface area contributed by atoms with Gasteiger partial charge in [0.15, 0.2) is 0 Å². The molecule has 1 aliphatic rings. The zero-order valence-electron chi connectivity index (χ0n) is 16.4. The van der Waals surface area contributed by atoms with Crippen molar-refractivity contribution >= 4 is 15.7 Å². The standard InChI is InChI=1S/C20H34N2O2S/c1-15-9-10-18-16(2)19(12-11-17(15)18)21-13-7-6-8-14-22-25(23,24)20(3,4)5/h11-12,15,21-22H,6-10,13-14H2,1-5H3. The molecule has 1 aromatic rings. The Balaban J connectivity index is 1.69. The zero-order chi connectivity index (χ0) is 18.7. The minimum atomic E-state index is -3.22. The third-order valence-electron chi connectivity index (χ3n) is 5.26. The van der Waals surface area contributed by atoms with E-state index in [-0.39, 0.29) is 0 Å². The Morgan fingerprint density at radius 3 is 2.48 bits per heavy atom. The number of hydrogen-bond acceptors (Lipinski definition) is 3. The first-order valence-electron chi connectivity index (χ1n) is 9.49. The average Bonchev–Trinajstić information content (AvgIpc) is 2.89. The molecule has 0 amide bonds. The van der Waals surface area contributed by atoms with E-state index in [1.807, 2.05) is 0 Å². The van der Waals surface area contributed by atoms with Crippen LogP contribution in [-0.4, -0.2) is 26.3 Å². The van der Waals surface area contributed by atoms with Gasteiger partial charge in [0.25, 0.3) is 0 Å². The fraction of sp³-hybridized carbons (Fsp3) is 0.700. The van der Waals surface area contributed by atoms with Gasteiger partial charge in [0.1, 0.15) is 0 Å². The molecule has 1 aliphatic carbocycles. The lowest BCUT2D eigenvalue weighted by Crippen LogP contribution is -2.39. The van der Waals surface area contributed by atoms with Crippen LogP contribution >= 0.6 is 0 Å². The zero-order valence-corrected chi connectivity index (χ0v) is 17.2. The van der Waals surface area contributed by atoms with Crippen molar-refractivity contribution in [1.82, 2.24) is 4.72 Å². The third-order valence-corrected chi connectivity index (χ3v) is 7.46. The van der Waals surface area contributed by atoms with Crippen LogP contribution in [0.4, 0.5) is 5.69 Å². The Morgan fingerprint density at radius 2 is 1.80 bits per heavy atom. The van der Waals surface area contributed by atoms with Gasteiger partial charge in [0, 0.05) is 18.8 Å². The van der Waals surface area contributed by atoms with Gasteiger partial charge in [-0.05, 0) is 82.1 Å². The largest absolute Gasteiger partial charge is 0.385 e. The van der Waals surface area contributed by atoms with Crippen LogP contribution in [0.1, 0.15) is 76.0 Å². The van der Waals surface area contributed by atoms with Crippen molar-refractivity contribution in [2.75, 3.05) is 18.4 Å². The van der Waals surface area contributed by atoms with Crippen molar-refractivity contribution in [3.63, 3.8) is 0 Å². The lowest BCUT2D eigenvalue weighted by molar-refractivity contribution is 0.540. The topological polar surface area (TPSA) is 58.2 Å². The number of unbranched alkanes of at least 4 members (excludes halogenated alkanes) is 2. The van der Waals surface area contributed by atoms with Crippen LogP contribution in [0.5, 0.6) is 0 Å². The molecule has 0 aromatic heterocycles. The third kappa shape index (κ3) is 4.98. The predicted molar refractivity (Wildman–Crippen MR) is 107 cm³/mol. The van der Waals surface area contributed by atoms with E-state index in [9.17, 15) is 8.42 Å². The summed E-state index contributed by atoms with van der Waals surface area (Å²) in [5, 5.41) is 3.55. The Kier molecular flexibility index (Phi) is 6.55. The highest BCUT2D eigenvalue weighted by Crippen LogP contribution is 2.37. The molecule has 1 aromatic carbocycles. The van der Waals surface area contributed by atoms with Crippen molar-refractivity contribution in [2.24, 2.45) is 0 Å². The van der Waals surface area contributed by atoms with Gasteiger partial charge < -0.3 is 5.32 Å². The monoisotopic (exact) mass is 366 g/mol. The van der Waals surface area contributed by atoms with E-state index < -0.39 is 14.8 Å². The number of fused-ring (bicyclic) bond motifs is 1. The van der Waals surface area contributed by atoms with Gasteiger partial charge in [-0.25, -0.2) is 13.1 Å². The number of nitrogens with one attached hydrogen (secondary N) is 2. The van der Waals surface area contributed by atoms with Crippen LogP contribution in [0.15, 0.2) is 12.1 Å². The van der Waals surface area contributed by atoms with Crippen LogP contribution in [0, 0.1) is 6.92 Å². The summed E-state index contributed by atoms with van der Waals surface area (Å²) >= 11 is 0. The Labute approximate surface area is 153 Å². The second-order valence-electron chi connectivity index (χ2n) is 8.24. The van der Waals surface area contributed by atoms with Gasteiger partial charge in [-0.2, -0.15) is 0 Å². The van der Waals surface area contributed by atoms with E-state index >= 15 is 0 Å². The normalized spacial score (nSPS) is 17.6. The molecule has 1 atom stereocenters. The fourth-order valence-electron chi connectivity index (χ4n) is 3.35. The highest BCUT2D eigenvalue weighted by Gasteiger charge is 2.27. The second-order valence-corrected chi connectivity index (χ2v) is 10.8. The number of sulfonamides is 1. The van der Waals surface area contributed by atoms with Crippen LogP contribution in [0.2, 0.25) is 0 Å². The quantitative estimate of drug-likeness (QED) is 0.673. The smallest absolute Gasteiger partial charge is 0.216 e. The minimum absolute atomic E-state index is 0.523. The molecular formula is C20H34N2O2S. The lowest BCUT2D eigenvalue weighted by atomic mass is 9.99. The van der Waals surface area contributed by atoms with E-state index in [1.165, 1.54) is 35.2 Å². The minimum Gasteiger partial charge on any atom is -0.385 e. The van der Waals surface area contributed by atoms with E-state index in [0.29, 0.717) is 12.5 Å². The van der Waals surface area contributed by atoms with Gasteiger partial charge in [-0.15, -0.1) is 0 Å². The summed E-state index contributed by atoms with van der Waals surface area (Å²) in [6, 6.07) is 4.50. The molecule has 142 valence electrons. The first-order valence-corrected chi connectivity index (χ1v) is 11.0. The maximum absolute atomic E-state index is 12.0. The molecule has 2 N–H and O–H groups in total. The summed E-state index contributed by atoms with van der Waals surface area (Å²) in [6.07, 6.45) is 5.40. The molecule has 2 rings (SSSR count). The molecule has 0 bridgehead atoms. The molecule has 0 heterocycles. The lowest BCUT2D eigenvalue weighted by Gasteiger charge is -2.19. The van der Waals surface area contributed by atoms with Gasteiger partial charge in [0.05, 0.1) is 4.75 Å². The number of anilines is 1. The summed E-state index contributed by atoms with van der Waals surface area (Å²) in [7, 11) is -3.22. The molecule has 5 heteroatoms. The van der Waals surface area contributed by atoms with Crippen LogP contribution in [0.3, 0.4) is 0 Å². The van der Waals surface area contributed by atoms with E-state index in [2.05, 4.69) is 36.0 Å². The van der Waals surface area contributed by atoms with E-state index in [1.54, 1.807) is 20.8 Å². The first kappa shape index (κ1) is 20.2. The van der Waals surface area contributed by atoms with Gasteiger partial charge in [-0.1, -0.05) is 19.4 Å². The maximum atomic E-state index is 12.0.